The first-order valence-corrected chi connectivity index (χ1v) is 7.54. The van der Waals surface area contributed by atoms with Gasteiger partial charge >= 0.3 is 11.9 Å². The Kier molecular flexibility index (Phi) is 5.57. The van der Waals surface area contributed by atoms with E-state index in [0.29, 0.717) is 12.1 Å². The van der Waals surface area contributed by atoms with Crippen molar-refractivity contribution >= 4 is 23.4 Å². The third-order valence-electron chi connectivity index (χ3n) is 3.78. The Bertz CT molecular complexity index is 669. The number of nitrogens with one attached hydrogen (secondary N) is 1. The lowest BCUT2D eigenvalue weighted by atomic mass is 10.1. The zero-order chi connectivity index (χ0) is 17.7. The molecule has 0 saturated carbocycles. The van der Waals surface area contributed by atoms with E-state index in [1.54, 1.807) is 0 Å². The Hall–Kier alpha value is -2.83. The summed E-state index contributed by atoms with van der Waals surface area (Å²) in [6, 6.07) is 8.93. The lowest BCUT2D eigenvalue weighted by Crippen LogP contribution is -2.41. The minimum absolute atomic E-state index is 0.136. The molecule has 0 bridgehead atoms. The Morgan fingerprint density at radius 2 is 1.75 bits per heavy atom. The molecule has 0 saturated heterocycles. The van der Waals surface area contributed by atoms with Crippen LogP contribution in [0.25, 0.3) is 0 Å². The quantitative estimate of drug-likeness (QED) is 0.663. The maximum atomic E-state index is 12.4. The summed E-state index contributed by atoms with van der Waals surface area (Å²) in [7, 11) is 2.37. The molecule has 0 amide bonds. The molecular weight excluding hydrogens is 312 g/mol. The molecule has 2 rings (SSSR count). The van der Waals surface area contributed by atoms with Gasteiger partial charge in [-0.1, -0.05) is 18.2 Å². The first-order chi connectivity index (χ1) is 11.5. The minimum atomic E-state index is -0.852. The van der Waals surface area contributed by atoms with Crippen molar-refractivity contribution in [3.05, 3.63) is 41.6 Å². The molecule has 1 atom stereocenters. The molecule has 1 aromatic carbocycles. The van der Waals surface area contributed by atoms with Crippen LogP contribution in [0.15, 0.2) is 41.6 Å². The van der Waals surface area contributed by atoms with Gasteiger partial charge in [0.05, 0.1) is 19.9 Å². The van der Waals surface area contributed by atoms with Gasteiger partial charge in [-0.15, -0.1) is 0 Å². The highest BCUT2D eigenvalue weighted by Crippen LogP contribution is 2.26. The highest BCUT2D eigenvalue weighted by atomic mass is 16.5. The number of esters is 2. The number of ether oxygens (including phenoxy) is 2. The van der Waals surface area contributed by atoms with Gasteiger partial charge in [-0.3, -0.25) is 15.2 Å². The van der Waals surface area contributed by atoms with E-state index in [2.05, 4.69) is 5.43 Å². The van der Waals surface area contributed by atoms with E-state index in [1.165, 1.54) is 19.2 Å². The summed E-state index contributed by atoms with van der Waals surface area (Å²) in [5.41, 5.74) is 3.36. The van der Waals surface area contributed by atoms with Crippen molar-refractivity contribution in [2.75, 3.05) is 19.6 Å². The molecule has 1 N–H and O–H groups in total. The van der Waals surface area contributed by atoms with Crippen molar-refractivity contribution in [3.63, 3.8) is 0 Å². The lowest BCUT2D eigenvalue weighted by Gasteiger charge is -2.32. The molecule has 7 heteroatoms. The zero-order valence-corrected chi connectivity index (χ0v) is 13.9. The summed E-state index contributed by atoms with van der Waals surface area (Å²) in [4.78, 5) is 36.8. The molecule has 0 radical (unpaired) electrons. The predicted octanol–water partition coefficient (Wildman–Crippen LogP) is 1.67. The molecule has 24 heavy (non-hydrogen) atoms. The van der Waals surface area contributed by atoms with Gasteiger partial charge in [-0.25, -0.2) is 9.59 Å². The number of hydrazine groups is 1. The van der Waals surface area contributed by atoms with Crippen LogP contribution in [-0.2, 0) is 23.9 Å². The van der Waals surface area contributed by atoms with Gasteiger partial charge < -0.3 is 9.47 Å². The van der Waals surface area contributed by atoms with Gasteiger partial charge in [-0.2, -0.15) is 0 Å². The molecule has 0 aromatic heterocycles. The monoisotopic (exact) mass is 332 g/mol. The van der Waals surface area contributed by atoms with E-state index in [0.717, 1.165) is 0 Å². The predicted molar refractivity (Wildman–Crippen MR) is 86.7 cm³/mol. The van der Waals surface area contributed by atoms with E-state index in [1.807, 2.05) is 37.3 Å². The normalized spacial score (nSPS) is 18.0. The van der Waals surface area contributed by atoms with Gasteiger partial charge in [0.25, 0.3) is 0 Å². The van der Waals surface area contributed by atoms with Crippen LogP contribution in [0.1, 0.15) is 19.8 Å². The maximum Gasteiger partial charge on any atom is 0.357 e. The number of hydrogen-bond donors (Lipinski definition) is 1. The largest absolute Gasteiger partial charge is 0.465 e. The van der Waals surface area contributed by atoms with Crippen molar-refractivity contribution < 1.29 is 23.9 Å². The SMILES string of the molecule is COC(=O)C1=C(C(=O)OC)N(Nc2ccccc2)C(C)CCC1=O. The molecule has 128 valence electrons. The number of rotatable bonds is 4. The second kappa shape index (κ2) is 7.63. The Morgan fingerprint density at radius 1 is 1.12 bits per heavy atom. The van der Waals surface area contributed by atoms with Crippen LogP contribution in [0.4, 0.5) is 5.69 Å². The topological polar surface area (TPSA) is 84.9 Å². The van der Waals surface area contributed by atoms with Crippen molar-refractivity contribution in [2.45, 2.75) is 25.8 Å². The Morgan fingerprint density at radius 3 is 2.33 bits per heavy atom. The van der Waals surface area contributed by atoms with Crippen molar-refractivity contribution in [1.82, 2.24) is 5.01 Å². The average Bonchev–Trinajstić information content (AvgIpc) is 2.72. The molecule has 7 nitrogen and oxygen atoms in total. The number of hydrogen-bond acceptors (Lipinski definition) is 7. The first kappa shape index (κ1) is 17.5. The summed E-state index contributed by atoms with van der Waals surface area (Å²) in [5.74, 6) is -2.07. The van der Waals surface area contributed by atoms with Gasteiger partial charge in [0.15, 0.2) is 11.5 Å². The third kappa shape index (κ3) is 3.56. The van der Waals surface area contributed by atoms with E-state index in [-0.39, 0.29) is 23.7 Å². The summed E-state index contributed by atoms with van der Waals surface area (Å²) in [6.45, 7) is 1.85. The van der Waals surface area contributed by atoms with Crippen LogP contribution in [0, 0.1) is 0 Å². The molecule has 1 unspecified atom stereocenters. The van der Waals surface area contributed by atoms with Crippen molar-refractivity contribution in [2.24, 2.45) is 0 Å². The fraction of sp³-hybridized carbons (Fsp3) is 0.353. The molecule has 1 aliphatic rings. The molecular formula is C17H20N2O5. The summed E-state index contributed by atoms with van der Waals surface area (Å²) in [6.07, 6.45) is 0.610. The van der Waals surface area contributed by atoms with Crippen molar-refractivity contribution in [3.8, 4) is 0 Å². The van der Waals surface area contributed by atoms with Crippen LogP contribution >= 0.6 is 0 Å². The molecule has 0 fully saturated rings. The van der Waals surface area contributed by atoms with Crippen molar-refractivity contribution in [1.29, 1.82) is 0 Å². The van der Waals surface area contributed by atoms with Gasteiger partial charge in [0.2, 0.25) is 0 Å². The summed E-state index contributed by atoms with van der Waals surface area (Å²) < 4.78 is 9.49. The smallest absolute Gasteiger partial charge is 0.357 e. The van der Waals surface area contributed by atoms with Gasteiger partial charge in [0.1, 0.15) is 5.57 Å². The number of methoxy groups -OCH3 is 2. The number of carbonyl (C=O) groups is 3. The third-order valence-corrected chi connectivity index (χ3v) is 3.78. The van der Waals surface area contributed by atoms with E-state index >= 15 is 0 Å². The fourth-order valence-corrected chi connectivity index (χ4v) is 2.49. The fourth-order valence-electron chi connectivity index (χ4n) is 2.49. The van der Waals surface area contributed by atoms with Gasteiger partial charge in [0, 0.05) is 12.5 Å². The second-order valence-corrected chi connectivity index (χ2v) is 5.37. The van der Waals surface area contributed by atoms with Crippen LogP contribution < -0.4 is 5.43 Å². The average molecular weight is 332 g/mol. The zero-order valence-electron chi connectivity index (χ0n) is 13.9. The van der Waals surface area contributed by atoms with Gasteiger partial charge in [-0.05, 0) is 25.5 Å². The lowest BCUT2D eigenvalue weighted by molar-refractivity contribution is -0.142. The minimum Gasteiger partial charge on any atom is -0.465 e. The van der Waals surface area contributed by atoms with E-state index < -0.39 is 17.7 Å². The van der Waals surface area contributed by atoms with Crippen LogP contribution in [0.3, 0.4) is 0 Å². The van der Waals surface area contributed by atoms with Crippen LogP contribution in [-0.4, -0.2) is 43.0 Å². The number of Topliss-reactive ketones (excluding diaryl/α,β-unsaturated/α-hetero) is 1. The number of anilines is 1. The molecule has 0 spiro atoms. The van der Waals surface area contributed by atoms with Crippen LogP contribution in [0.5, 0.6) is 0 Å². The number of nitrogens with zero attached hydrogens (tertiary/aromatic N) is 1. The second-order valence-electron chi connectivity index (χ2n) is 5.37. The van der Waals surface area contributed by atoms with E-state index in [9.17, 15) is 14.4 Å². The molecule has 0 aliphatic carbocycles. The highest BCUT2D eigenvalue weighted by molar-refractivity contribution is 6.21. The highest BCUT2D eigenvalue weighted by Gasteiger charge is 2.37. The number of para-hydroxylation sites is 1. The number of carbonyl (C=O) groups excluding carboxylic acids is 3. The first-order valence-electron chi connectivity index (χ1n) is 7.54. The molecule has 1 aliphatic heterocycles. The number of benzene rings is 1. The summed E-state index contributed by atoms with van der Waals surface area (Å²) >= 11 is 0. The summed E-state index contributed by atoms with van der Waals surface area (Å²) in [5, 5.41) is 1.50. The molecule has 1 aromatic rings. The molecule has 1 heterocycles. The number of ketones is 1. The Balaban J connectivity index is 2.57. The van der Waals surface area contributed by atoms with Crippen LogP contribution in [0.2, 0.25) is 0 Å². The standard InChI is InChI=1S/C17H20N2O5/c1-11-9-10-13(20)14(16(21)23-2)15(17(22)24-3)19(11)18-12-7-5-4-6-8-12/h4-8,11,18H,9-10H2,1-3H3. The van der Waals surface area contributed by atoms with E-state index in [4.69, 9.17) is 9.47 Å². The Labute approximate surface area is 140 Å². The maximum absolute atomic E-state index is 12.4.